The van der Waals surface area contributed by atoms with E-state index >= 15 is 0 Å². The van der Waals surface area contributed by atoms with Crippen LogP contribution in [0.25, 0.3) is 0 Å². The molecule has 7 atom stereocenters. The Kier molecular flexibility index (Phi) is 72.2. The predicted octanol–water partition coefficient (Wildman–Crippen LogP) is 24.7. The Labute approximate surface area is 619 Å². The topological polar surface area (TPSA) is 237 Å². The van der Waals surface area contributed by atoms with Crippen LogP contribution in [0, 0.1) is 11.8 Å². The molecule has 3 N–H and O–H groups in total. The van der Waals surface area contributed by atoms with Crippen molar-refractivity contribution in [3.05, 3.63) is 0 Å². The summed E-state index contributed by atoms with van der Waals surface area (Å²) in [6.45, 7) is 9.68. The van der Waals surface area contributed by atoms with Crippen molar-refractivity contribution in [1.82, 2.24) is 0 Å². The average Bonchev–Trinajstić information content (AvgIpc) is 0.983. The van der Waals surface area contributed by atoms with E-state index in [0.717, 1.165) is 102 Å². The first-order valence-corrected chi connectivity index (χ1v) is 45.6. The third-order valence-electron chi connectivity index (χ3n) is 19.9. The molecule has 0 heterocycles. The maximum Gasteiger partial charge on any atom is 0.472 e. The summed E-state index contributed by atoms with van der Waals surface area (Å²) in [4.78, 5) is 73.0. The molecule has 0 aliphatic heterocycles. The number of rotatable bonds is 81. The van der Waals surface area contributed by atoms with Crippen LogP contribution < -0.4 is 0 Å². The van der Waals surface area contributed by atoms with Gasteiger partial charge < -0.3 is 33.8 Å². The van der Waals surface area contributed by atoms with E-state index in [2.05, 4.69) is 41.5 Å². The normalized spacial score (nSPS) is 14.4. The molecular formula is C82H160O17P2. The van der Waals surface area contributed by atoms with Crippen molar-refractivity contribution in [1.29, 1.82) is 0 Å². The van der Waals surface area contributed by atoms with Crippen LogP contribution in [-0.2, 0) is 65.4 Å². The molecule has 0 aliphatic carbocycles. The van der Waals surface area contributed by atoms with Crippen molar-refractivity contribution in [3.63, 3.8) is 0 Å². The van der Waals surface area contributed by atoms with Gasteiger partial charge in [-0.15, -0.1) is 0 Å². The minimum atomic E-state index is -4.96. The zero-order valence-electron chi connectivity index (χ0n) is 66.2. The van der Waals surface area contributed by atoms with E-state index in [-0.39, 0.29) is 25.7 Å². The largest absolute Gasteiger partial charge is 0.472 e. The monoisotopic (exact) mass is 1480 g/mol. The fourth-order valence-corrected chi connectivity index (χ4v) is 14.2. The first-order valence-electron chi connectivity index (χ1n) is 42.6. The van der Waals surface area contributed by atoms with Crippen molar-refractivity contribution >= 4 is 39.5 Å². The van der Waals surface area contributed by atoms with Crippen LogP contribution in [0.3, 0.4) is 0 Å². The summed E-state index contributed by atoms with van der Waals surface area (Å²) in [5.41, 5.74) is 0. The number of phosphoric ester groups is 2. The Bertz CT molecular complexity index is 1950. The summed E-state index contributed by atoms with van der Waals surface area (Å²) < 4.78 is 68.7. The van der Waals surface area contributed by atoms with Crippen LogP contribution in [0.5, 0.6) is 0 Å². The molecular weight excluding hydrogens is 1320 g/mol. The summed E-state index contributed by atoms with van der Waals surface area (Å²) in [5.74, 6) is -0.470. The maximum absolute atomic E-state index is 13.1. The quantitative estimate of drug-likeness (QED) is 0.0222. The van der Waals surface area contributed by atoms with Gasteiger partial charge in [-0.1, -0.05) is 382 Å². The standard InChI is InChI=1S/C82H160O17P2/c1-7-11-13-15-17-19-20-21-22-23-27-30-33-36-40-47-53-59-65-80(85)93-71-77(98-81(86)66-60-54-48-41-37-34-31-28-25-24-26-29-32-35-39-44-50-56-62-74(5)9-3)72-96-100(88,89)94-68-76(83)69-95-101(90,91)97-73-78(70-92-79(84)64-58-52-46-38-18-16-14-12-8-2)99-82(87)67-61-55-49-43-42-45-51-57-63-75(6)10-4/h74-78,83H,7-73H2,1-6H3,(H,88,89)(H,90,91)/t74?,75?,76-,77-,78-/m1/s1. The highest BCUT2D eigenvalue weighted by atomic mass is 31.2. The highest BCUT2D eigenvalue weighted by molar-refractivity contribution is 7.47. The van der Waals surface area contributed by atoms with Gasteiger partial charge in [0.05, 0.1) is 26.4 Å². The van der Waals surface area contributed by atoms with E-state index in [4.69, 9.17) is 37.0 Å². The summed E-state index contributed by atoms with van der Waals surface area (Å²) in [5, 5.41) is 10.6. The number of hydrogen-bond donors (Lipinski definition) is 3. The van der Waals surface area contributed by atoms with Gasteiger partial charge in [0.15, 0.2) is 12.2 Å². The second-order valence-corrected chi connectivity index (χ2v) is 32.9. The van der Waals surface area contributed by atoms with Crippen molar-refractivity contribution < 1.29 is 80.2 Å². The molecule has 0 rings (SSSR count). The molecule has 0 saturated heterocycles. The van der Waals surface area contributed by atoms with E-state index in [0.29, 0.717) is 25.7 Å². The van der Waals surface area contributed by atoms with Crippen molar-refractivity contribution in [3.8, 4) is 0 Å². The summed E-state index contributed by atoms with van der Waals surface area (Å²) in [6.07, 6.45) is 63.9. The van der Waals surface area contributed by atoms with Crippen LogP contribution in [0.1, 0.15) is 433 Å². The maximum atomic E-state index is 13.1. The Morgan fingerprint density at radius 2 is 0.475 bits per heavy atom. The molecule has 0 bridgehead atoms. The van der Waals surface area contributed by atoms with Crippen LogP contribution in [0.2, 0.25) is 0 Å². The van der Waals surface area contributed by atoms with E-state index in [9.17, 15) is 43.2 Å². The van der Waals surface area contributed by atoms with Gasteiger partial charge in [-0.25, -0.2) is 9.13 Å². The fourth-order valence-electron chi connectivity index (χ4n) is 12.6. The third kappa shape index (κ3) is 73.4. The van der Waals surface area contributed by atoms with Crippen LogP contribution in [0.15, 0.2) is 0 Å². The van der Waals surface area contributed by atoms with E-state index in [1.807, 2.05) is 0 Å². The smallest absolute Gasteiger partial charge is 0.462 e. The molecule has 4 unspecified atom stereocenters. The minimum absolute atomic E-state index is 0.105. The van der Waals surface area contributed by atoms with E-state index < -0.39 is 97.5 Å². The third-order valence-corrected chi connectivity index (χ3v) is 21.8. The van der Waals surface area contributed by atoms with Gasteiger partial charge in [0.25, 0.3) is 0 Å². The first kappa shape index (κ1) is 99.1. The molecule has 101 heavy (non-hydrogen) atoms. The molecule has 17 nitrogen and oxygen atoms in total. The number of ether oxygens (including phenoxy) is 4. The number of hydrogen-bond acceptors (Lipinski definition) is 15. The van der Waals surface area contributed by atoms with Gasteiger partial charge in [-0.2, -0.15) is 0 Å². The number of aliphatic hydroxyl groups is 1. The molecule has 0 amide bonds. The lowest BCUT2D eigenvalue weighted by Gasteiger charge is -2.21. The lowest BCUT2D eigenvalue weighted by Crippen LogP contribution is -2.30. The lowest BCUT2D eigenvalue weighted by atomic mass is 9.99. The summed E-state index contributed by atoms with van der Waals surface area (Å²) in [6, 6.07) is 0. The Hall–Kier alpha value is -1.94. The van der Waals surface area contributed by atoms with Crippen molar-refractivity contribution in [2.75, 3.05) is 39.6 Å². The molecule has 19 heteroatoms. The lowest BCUT2D eigenvalue weighted by molar-refractivity contribution is -0.161. The molecule has 0 aromatic heterocycles. The summed E-state index contributed by atoms with van der Waals surface area (Å²) >= 11 is 0. The Morgan fingerprint density at radius 3 is 0.703 bits per heavy atom. The average molecular weight is 1480 g/mol. The van der Waals surface area contributed by atoms with Gasteiger partial charge in [0.2, 0.25) is 0 Å². The first-order chi connectivity index (χ1) is 48.9. The van der Waals surface area contributed by atoms with Gasteiger partial charge in [-0.05, 0) is 37.5 Å². The van der Waals surface area contributed by atoms with E-state index in [1.54, 1.807) is 0 Å². The number of unbranched alkanes of at least 4 members (excludes halogenated alkanes) is 49. The zero-order chi connectivity index (χ0) is 74.2. The Balaban J connectivity index is 5.20. The molecule has 600 valence electrons. The summed E-state index contributed by atoms with van der Waals surface area (Å²) in [7, 11) is -9.92. The predicted molar refractivity (Wildman–Crippen MR) is 414 cm³/mol. The highest BCUT2D eigenvalue weighted by Gasteiger charge is 2.30. The van der Waals surface area contributed by atoms with Crippen LogP contribution >= 0.6 is 15.6 Å². The number of aliphatic hydroxyl groups excluding tert-OH is 1. The number of phosphoric acid groups is 2. The van der Waals surface area contributed by atoms with Crippen LogP contribution in [-0.4, -0.2) is 96.7 Å². The molecule has 0 radical (unpaired) electrons. The van der Waals surface area contributed by atoms with Gasteiger partial charge in [-0.3, -0.25) is 37.3 Å². The molecule has 0 aliphatic rings. The number of carbonyl (C=O) groups is 4. The second-order valence-electron chi connectivity index (χ2n) is 30.0. The van der Waals surface area contributed by atoms with Gasteiger partial charge in [0.1, 0.15) is 19.3 Å². The fraction of sp³-hybridized carbons (Fsp3) is 0.951. The molecule has 0 aromatic rings. The van der Waals surface area contributed by atoms with Crippen molar-refractivity contribution in [2.24, 2.45) is 11.8 Å². The molecule has 0 aromatic carbocycles. The van der Waals surface area contributed by atoms with Gasteiger partial charge in [0, 0.05) is 25.7 Å². The second kappa shape index (κ2) is 73.6. The number of carbonyl (C=O) groups excluding carboxylic acids is 4. The highest BCUT2D eigenvalue weighted by Crippen LogP contribution is 2.45. The van der Waals surface area contributed by atoms with E-state index in [1.165, 1.54) is 250 Å². The molecule has 0 saturated carbocycles. The van der Waals surface area contributed by atoms with Crippen LogP contribution in [0.4, 0.5) is 0 Å². The number of esters is 4. The zero-order valence-corrected chi connectivity index (χ0v) is 68.0. The molecule has 0 fully saturated rings. The van der Waals surface area contributed by atoms with Crippen molar-refractivity contribution in [2.45, 2.75) is 452 Å². The van der Waals surface area contributed by atoms with Gasteiger partial charge >= 0.3 is 39.5 Å². The molecule has 0 spiro atoms. The Morgan fingerprint density at radius 1 is 0.277 bits per heavy atom. The SMILES string of the molecule is CCCCCCCCCCCCCCCCCCCCC(=O)OC[C@H](COP(=O)(O)OC[C@@H](O)COP(=O)(O)OC[C@@H](COC(=O)CCCCCCCCCCC)OC(=O)CCCCCCCCCCC(C)CC)OC(=O)CCCCCCCCCCCCCCCCCCCCC(C)CC. The minimum Gasteiger partial charge on any atom is -0.462 e.